The van der Waals surface area contributed by atoms with Crippen LogP contribution in [0.3, 0.4) is 0 Å². The number of nitrogens with two attached hydrogens (primary N) is 1. The van der Waals surface area contributed by atoms with Crippen molar-refractivity contribution >= 4 is 44.8 Å². The highest BCUT2D eigenvalue weighted by molar-refractivity contribution is 7.17. The molecule has 1 aromatic heterocycles. The number of carbonyl (C=O) groups excluding carboxylic acids is 2. The fourth-order valence-electron chi connectivity index (χ4n) is 1.59. The number of hydroxylamine groups is 1. The molecule has 3 N–H and O–H groups in total. The summed E-state index contributed by atoms with van der Waals surface area (Å²) in [5, 5.41) is 3.47. The van der Waals surface area contributed by atoms with Crippen molar-refractivity contribution in [3.63, 3.8) is 0 Å². The number of halogens is 1. The summed E-state index contributed by atoms with van der Waals surface area (Å²) in [5.74, 6) is -0.992. The van der Waals surface area contributed by atoms with Crippen LogP contribution in [-0.2, 0) is 20.8 Å². The summed E-state index contributed by atoms with van der Waals surface area (Å²) in [6.45, 7) is -0.345. The van der Waals surface area contributed by atoms with E-state index in [9.17, 15) is 9.59 Å². The molecule has 0 spiro atoms. The first-order valence-electron chi connectivity index (χ1n) is 5.41. The van der Waals surface area contributed by atoms with Crippen LogP contribution in [0.4, 0.5) is 0 Å². The van der Waals surface area contributed by atoms with Crippen LogP contribution in [0.25, 0.3) is 10.1 Å². The summed E-state index contributed by atoms with van der Waals surface area (Å²) in [4.78, 5) is 26.7. The molecule has 0 saturated heterocycles. The lowest BCUT2D eigenvalue weighted by atomic mass is 10.1. The highest BCUT2D eigenvalue weighted by Crippen LogP contribution is 2.28. The van der Waals surface area contributed by atoms with Crippen molar-refractivity contribution in [2.45, 2.75) is 6.42 Å². The Morgan fingerprint density at radius 1 is 1.42 bits per heavy atom. The number of amides is 2. The van der Waals surface area contributed by atoms with Crippen LogP contribution >= 0.6 is 22.9 Å². The second-order valence-electron chi connectivity index (χ2n) is 3.86. The number of fused-ring (bicyclic) bond motifs is 1. The van der Waals surface area contributed by atoms with Gasteiger partial charge in [-0.1, -0.05) is 11.6 Å². The van der Waals surface area contributed by atoms with Gasteiger partial charge in [0.05, 0.1) is 6.42 Å². The summed E-state index contributed by atoms with van der Waals surface area (Å²) in [5.41, 5.74) is 7.90. The largest absolute Gasteiger partial charge is 0.368 e. The Kier molecular flexibility index (Phi) is 4.36. The Balaban J connectivity index is 2.02. The number of carbonyl (C=O) groups is 2. The first-order chi connectivity index (χ1) is 9.06. The molecule has 5 nitrogen and oxygen atoms in total. The normalized spacial score (nSPS) is 10.6. The lowest BCUT2D eigenvalue weighted by Crippen LogP contribution is -2.30. The molecule has 1 aromatic carbocycles. The predicted octanol–water partition coefficient (Wildman–Crippen LogP) is 1.63. The molecule has 0 fully saturated rings. The number of thiophene rings is 1. The molecule has 0 aliphatic heterocycles. The summed E-state index contributed by atoms with van der Waals surface area (Å²) in [7, 11) is 0. The smallest absolute Gasteiger partial charge is 0.248 e. The highest BCUT2D eigenvalue weighted by atomic mass is 35.5. The minimum atomic E-state index is -0.645. The summed E-state index contributed by atoms with van der Waals surface area (Å²) in [6.07, 6.45) is 0.152. The predicted molar refractivity (Wildman–Crippen MR) is 73.8 cm³/mol. The minimum Gasteiger partial charge on any atom is -0.368 e. The van der Waals surface area contributed by atoms with E-state index in [0.717, 1.165) is 15.6 Å². The molecule has 0 saturated carbocycles. The number of benzene rings is 1. The van der Waals surface area contributed by atoms with Crippen LogP contribution in [0.15, 0.2) is 23.6 Å². The lowest BCUT2D eigenvalue weighted by molar-refractivity contribution is -0.137. The van der Waals surface area contributed by atoms with Crippen molar-refractivity contribution in [1.29, 1.82) is 0 Å². The quantitative estimate of drug-likeness (QED) is 0.823. The molecule has 2 amide bonds. The number of nitrogens with one attached hydrogen (secondary N) is 1. The van der Waals surface area contributed by atoms with Gasteiger partial charge in [0, 0.05) is 9.72 Å². The van der Waals surface area contributed by atoms with Gasteiger partial charge in [-0.15, -0.1) is 11.3 Å². The SMILES string of the molecule is NC(=O)CONC(=O)Cc1csc2ccc(Cl)cc12. The van der Waals surface area contributed by atoms with E-state index in [2.05, 4.69) is 10.3 Å². The van der Waals surface area contributed by atoms with Gasteiger partial charge in [0.25, 0.3) is 0 Å². The van der Waals surface area contributed by atoms with E-state index in [-0.39, 0.29) is 18.9 Å². The van der Waals surface area contributed by atoms with Crippen molar-refractivity contribution in [3.8, 4) is 0 Å². The maximum atomic E-state index is 11.6. The third kappa shape index (κ3) is 3.66. The lowest BCUT2D eigenvalue weighted by Gasteiger charge is -2.03. The van der Waals surface area contributed by atoms with Crippen LogP contribution in [0, 0.1) is 0 Å². The average Bonchev–Trinajstić information content (AvgIpc) is 2.71. The Labute approximate surface area is 118 Å². The zero-order valence-corrected chi connectivity index (χ0v) is 11.4. The molecule has 7 heteroatoms. The van der Waals surface area contributed by atoms with Crippen LogP contribution in [0.2, 0.25) is 5.02 Å². The first-order valence-corrected chi connectivity index (χ1v) is 6.66. The summed E-state index contributed by atoms with van der Waals surface area (Å²) >= 11 is 7.47. The van der Waals surface area contributed by atoms with Crippen molar-refractivity contribution < 1.29 is 14.4 Å². The van der Waals surface area contributed by atoms with Crippen LogP contribution < -0.4 is 11.2 Å². The first kappa shape index (κ1) is 13.8. The van der Waals surface area contributed by atoms with Gasteiger partial charge in [-0.2, -0.15) is 0 Å². The maximum absolute atomic E-state index is 11.6. The molecule has 0 aliphatic rings. The Bertz CT molecular complexity index is 626. The zero-order valence-electron chi connectivity index (χ0n) is 9.81. The van der Waals surface area contributed by atoms with Gasteiger partial charge in [-0.3, -0.25) is 14.4 Å². The molecule has 1 heterocycles. The monoisotopic (exact) mass is 298 g/mol. The molecule has 0 radical (unpaired) electrons. The van der Waals surface area contributed by atoms with Crippen LogP contribution in [-0.4, -0.2) is 18.4 Å². The van der Waals surface area contributed by atoms with E-state index in [1.54, 1.807) is 6.07 Å². The number of hydrogen-bond donors (Lipinski definition) is 2. The van der Waals surface area contributed by atoms with E-state index in [0.29, 0.717) is 5.02 Å². The second kappa shape index (κ2) is 6.01. The van der Waals surface area contributed by atoms with Gasteiger partial charge in [-0.05, 0) is 34.5 Å². The molecule has 19 heavy (non-hydrogen) atoms. The average molecular weight is 299 g/mol. The molecule has 0 atom stereocenters. The number of rotatable bonds is 5. The van der Waals surface area contributed by atoms with Gasteiger partial charge < -0.3 is 5.73 Å². The molecule has 100 valence electrons. The Hall–Kier alpha value is -1.63. The van der Waals surface area contributed by atoms with Crippen molar-refractivity contribution in [2.24, 2.45) is 5.73 Å². The van der Waals surface area contributed by atoms with Gasteiger partial charge in [0.2, 0.25) is 11.8 Å². The highest BCUT2D eigenvalue weighted by Gasteiger charge is 2.10. The maximum Gasteiger partial charge on any atom is 0.248 e. The molecule has 2 aromatic rings. The second-order valence-corrected chi connectivity index (χ2v) is 5.21. The topological polar surface area (TPSA) is 81.4 Å². The van der Waals surface area contributed by atoms with Crippen molar-refractivity contribution in [1.82, 2.24) is 5.48 Å². The van der Waals surface area contributed by atoms with E-state index in [1.165, 1.54) is 11.3 Å². The molecular formula is C12H11ClN2O3S. The number of hydrogen-bond acceptors (Lipinski definition) is 4. The zero-order chi connectivity index (χ0) is 13.8. The van der Waals surface area contributed by atoms with E-state index in [4.69, 9.17) is 17.3 Å². The standard InChI is InChI=1S/C12H11ClN2O3S/c13-8-1-2-10-9(4-8)7(6-19-10)3-12(17)15-18-5-11(14)16/h1-2,4,6H,3,5H2,(H2,14,16)(H,15,17). The van der Waals surface area contributed by atoms with Gasteiger partial charge in [-0.25, -0.2) is 5.48 Å². The molecule has 2 rings (SSSR count). The van der Waals surface area contributed by atoms with E-state index >= 15 is 0 Å². The molecule has 0 bridgehead atoms. The Morgan fingerprint density at radius 3 is 2.95 bits per heavy atom. The number of primary amides is 1. The van der Waals surface area contributed by atoms with Gasteiger partial charge in [0.15, 0.2) is 6.61 Å². The van der Waals surface area contributed by atoms with Crippen LogP contribution in [0.1, 0.15) is 5.56 Å². The minimum absolute atomic E-state index is 0.152. The fourth-order valence-corrected chi connectivity index (χ4v) is 2.70. The molecule has 0 unspecified atom stereocenters. The molecular weight excluding hydrogens is 288 g/mol. The van der Waals surface area contributed by atoms with E-state index in [1.807, 2.05) is 17.5 Å². The van der Waals surface area contributed by atoms with Gasteiger partial charge in [0.1, 0.15) is 0 Å². The van der Waals surface area contributed by atoms with Crippen LogP contribution in [0.5, 0.6) is 0 Å². The van der Waals surface area contributed by atoms with E-state index < -0.39 is 5.91 Å². The molecule has 0 aliphatic carbocycles. The fraction of sp³-hybridized carbons (Fsp3) is 0.167. The van der Waals surface area contributed by atoms with Crippen molar-refractivity contribution in [2.75, 3.05) is 6.61 Å². The third-order valence-electron chi connectivity index (χ3n) is 2.37. The summed E-state index contributed by atoms with van der Waals surface area (Å²) in [6, 6.07) is 5.54. The van der Waals surface area contributed by atoms with Crippen molar-refractivity contribution in [3.05, 3.63) is 34.2 Å². The summed E-state index contributed by atoms with van der Waals surface area (Å²) < 4.78 is 1.06. The third-order valence-corrected chi connectivity index (χ3v) is 3.61. The Morgan fingerprint density at radius 2 is 2.21 bits per heavy atom. The van der Waals surface area contributed by atoms with Gasteiger partial charge >= 0.3 is 0 Å².